The van der Waals surface area contributed by atoms with Crippen LogP contribution in [0.5, 0.6) is 0 Å². The van der Waals surface area contributed by atoms with Crippen LogP contribution in [0, 0.1) is 0 Å². The van der Waals surface area contributed by atoms with Crippen LogP contribution in [0.4, 0.5) is 0 Å². The SMILES string of the molecule is [B][C@@H]1O[C@@]2([C@H](C)OC)CO[C@@H]1[C@@H]2O[Si](C)(C)C(C)(C)C. The molecular weight excluding hydrogens is 271 g/mol. The van der Waals surface area contributed by atoms with E-state index < -0.39 is 19.9 Å². The van der Waals surface area contributed by atoms with Gasteiger partial charge in [0, 0.05) is 13.1 Å². The lowest BCUT2D eigenvalue weighted by molar-refractivity contribution is -0.170. The predicted molar refractivity (Wildman–Crippen MR) is 81.6 cm³/mol. The summed E-state index contributed by atoms with van der Waals surface area (Å²) >= 11 is 0. The summed E-state index contributed by atoms with van der Waals surface area (Å²) < 4.78 is 23.9. The van der Waals surface area contributed by atoms with E-state index in [-0.39, 0.29) is 23.4 Å². The quantitative estimate of drug-likeness (QED) is 0.745. The molecule has 0 aromatic rings. The second-order valence-corrected chi connectivity index (χ2v) is 12.2. The van der Waals surface area contributed by atoms with Crippen LogP contribution in [-0.2, 0) is 18.6 Å². The van der Waals surface area contributed by atoms with Crippen LogP contribution in [0.2, 0.25) is 18.1 Å². The van der Waals surface area contributed by atoms with Gasteiger partial charge in [-0.3, -0.25) is 0 Å². The molecule has 2 aliphatic rings. The van der Waals surface area contributed by atoms with Crippen LogP contribution < -0.4 is 0 Å². The first kappa shape index (κ1) is 16.5. The van der Waals surface area contributed by atoms with E-state index in [1.54, 1.807) is 7.11 Å². The molecule has 0 N–H and O–H groups in total. The Bertz CT molecular complexity index is 371. The minimum Gasteiger partial charge on any atom is -0.408 e. The normalized spacial score (nSPS) is 39.2. The Balaban J connectivity index is 2.26. The van der Waals surface area contributed by atoms with Gasteiger partial charge >= 0.3 is 0 Å². The first-order valence-electron chi connectivity index (χ1n) is 7.31. The maximum Gasteiger partial charge on any atom is 0.192 e. The fourth-order valence-corrected chi connectivity index (χ4v) is 3.99. The summed E-state index contributed by atoms with van der Waals surface area (Å²) in [6, 6.07) is -0.434. The van der Waals surface area contributed by atoms with Crippen molar-refractivity contribution in [1.29, 1.82) is 0 Å². The molecule has 2 saturated heterocycles. The molecule has 5 atom stereocenters. The summed E-state index contributed by atoms with van der Waals surface area (Å²) in [5.41, 5.74) is -0.575. The third-order valence-corrected chi connectivity index (χ3v) is 9.69. The molecule has 2 radical (unpaired) electrons. The number of hydrogen-bond acceptors (Lipinski definition) is 4. The van der Waals surface area contributed by atoms with Crippen LogP contribution in [0.3, 0.4) is 0 Å². The van der Waals surface area contributed by atoms with Crippen molar-refractivity contribution in [1.82, 2.24) is 0 Å². The van der Waals surface area contributed by atoms with Gasteiger partial charge in [-0.25, -0.2) is 0 Å². The van der Waals surface area contributed by atoms with Crippen molar-refractivity contribution in [2.75, 3.05) is 13.7 Å². The number of rotatable bonds is 4. The highest BCUT2D eigenvalue weighted by atomic mass is 28.4. The van der Waals surface area contributed by atoms with Crippen LogP contribution in [0.1, 0.15) is 27.7 Å². The Morgan fingerprint density at radius 3 is 2.40 bits per heavy atom. The molecule has 0 spiro atoms. The van der Waals surface area contributed by atoms with Crippen molar-refractivity contribution < 1.29 is 18.6 Å². The Labute approximate surface area is 125 Å². The number of fused-ring (bicyclic) bond motifs is 2. The van der Waals surface area contributed by atoms with Gasteiger partial charge < -0.3 is 18.6 Å². The topological polar surface area (TPSA) is 36.9 Å². The molecule has 2 fully saturated rings. The molecule has 0 amide bonds. The van der Waals surface area contributed by atoms with Gasteiger partial charge in [0.05, 0.1) is 12.7 Å². The van der Waals surface area contributed by atoms with Gasteiger partial charge in [-0.05, 0) is 25.1 Å². The molecule has 2 aliphatic heterocycles. The standard InChI is InChI=1S/C14H27BO4Si/c1-9(16-5)14-8-17-10(12(15)18-14)11(14)19-20(6,7)13(2,3)4/h9-12H,8H2,1-7H3/t9-,10+,11-,12+,14+/m0/s1. The third-order valence-electron chi connectivity index (χ3n) is 5.23. The molecule has 114 valence electrons. The maximum absolute atomic E-state index is 6.58. The minimum atomic E-state index is -1.92. The summed E-state index contributed by atoms with van der Waals surface area (Å²) in [7, 11) is 5.81. The zero-order valence-electron chi connectivity index (χ0n) is 13.7. The van der Waals surface area contributed by atoms with Crippen molar-refractivity contribution in [3.63, 3.8) is 0 Å². The van der Waals surface area contributed by atoms with E-state index >= 15 is 0 Å². The molecule has 2 bridgehead atoms. The van der Waals surface area contributed by atoms with Gasteiger partial charge in [0.1, 0.15) is 25.7 Å². The number of ether oxygens (including phenoxy) is 3. The highest BCUT2D eigenvalue weighted by molar-refractivity contribution is 6.74. The minimum absolute atomic E-state index is 0.115. The van der Waals surface area contributed by atoms with Crippen LogP contribution in [0.25, 0.3) is 0 Å². The van der Waals surface area contributed by atoms with Gasteiger partial charge in [-0.15, -0.1) is 0 Å². The molecule has 2 rings (SSSR count). The number of methoxy groups -OCH3 is 1. The summed E-state index contributed by atoms with van der Waals surface area (Å²) in [5, 5.41) is 0.136. The van der Waals surface area contributed by atoms with Gasteiger partial charge in [0.15, 0.2) is 8.32 Å². The second-order valence-electron chi connectivity index (χ2n) is 7.49. The molecule has 2 heterocycles. The molecule has 6 heteroatoms. The van der Waals surface area contributed by atoms with E-state index in [0.29, 0.717) is 6.61 Å². The lowest BCUT2D eigenvalue weighted by Crippen LogP contribution is -2.56. The maximum atomic E-state index is 6.58. The van der Waals surface area contributed by atoms with Gasteiger partial charge in [0.2, 0.25) is 0 Å². The van der Waals surface area contributed by atoms with Gasteiger partial charge in [-0.1, -0.05) is 20.8 Å². The largest absolute Gasteiger partial charge is 0.408 e. The van der Waals surface area contributed by atoms with E-state index in [4.69, 9.17) is 26.5 Å². The van der Waals surface area contributed by atoms with Crippen LogP contribution in [-0.4, -0.2) is 59.8 Å². The third kappa shape index (κ3) is 2.39. The van der Waals surface area contributed by atoms with E-state index in [9.17, 15) is 0 Å². The molecular formula is C14H27BO4Si. The van der Waals surface area contributed by atoms with E-state index in [2.05, 4.69) is 33.9 Å². The molecule has 0 unspecified atom stereocenters. The molecule has 4 nitrogen and oxygen atoms in total. The summed E-state index contributed by atoms with van der Waals surface area (Å²) in [6.45, 7) is 13.6. The fourth-order valence-electron chi connectivity index (χ4n) is 2.67. The van der Waals surface area contributed by atoms with Gasteiger partial charge in [-0.2, -0.15) is 0 Å². The Hall–Kier alpha value is 0.122. The Morgan fingerprint density at radius 1 is 1.35 bits per heavy atom. The molecule has 0 aromatic carbocycles. The van der Waals surface area contributed by atoms with E-state index in [1.807, 2.05) is 6.92 Å². The monoisotopic (exact) mass is 298 g/mol. The first-order chi connectivity index (χ1) is 9.05. The van der Waals surface area contributed by atoms with Crippen molar-refractivity contribution in [2.24, 2.45) is 0 Å². The van der Waals surface area contributed by atoms with Crippen molar-refractivity contribution in [3.05, 3.63) is 0 Å². The van der Waals surface area contributed by atoms with Crippen LogP contribution in [0.15, 0.2) is 0 Å². The highest BCUT2D eigenvalue weighted by Gasteiger charge is 2.64. The van der Waals surface area contributed by atoms with E-state index in [0.717, 1.165) is 0 Å². The van der Waals surface area contributed by atoms with Gasteiger partial charge in [0.25, 0.3) is 0 Å². The molecule has 0 saturated carbocycles. The summed E-state index contributed by atoms with van der Waals surface area (Å²) in [4.78, 5) is 0. The Morgan fingerprint density at radius 2 is 1.95 bits per heavy atom. The van der Waals surface area contributed by atoms with E-state index in [1.165, 1.54) is 0 Å². The highest BCUT2D eigenvalue weighted by Crippen LogP contribution is 2.47. The first-order valence-corrected chi connectivity index (χ1v) is 10.2. The zero-order valence-corrected chi connectivity index (χ0v) is 14.7. The molecule has 0 aliphatic carbocycles. The van der Waals surface area contributed by atoms with Crippen molar-refractivity contribution in [2.45, 2.75) is 75.7 Å². The number of hydrogen-bond donors (Lipinski definition) is 0. The fraction of sp³-hybridized carbons (Fsp3) is 1.00. The van der Waals surface area contributed by atoms with Crippen molar-refractivity contribution in [3.8, 4) is 0 Å². The lowest BCUT2D eigenvalue weighted by atomic mass is 9.90. The van der Waals surface area contributed by atoms with Crippen molar-refractivity contribution >= 4 is 16.2 Å². The zero-order chi connectivity index (χ0) is 15.3. The average molecular weight is 298 g/mol. The van der Waals surface area contributed by atoms with Crippen LogP contribution >= 0.6 is 0 Å². The molecule has 20 heavy (non-hydrogen) atoms. The molecule has 0 aromatic heterocycles. The predicted octanol–water partition coefficient (Wildman–Crippen LogP) is 2.07. The smallest absolute Gasteiger partial charge is 0.192 e. The second kappa shape index (κ2) is 5.09. The summed E-state index contributed by atoms with van der Waals surface area (Å²) in [6.07, 6.45) is -0.453. The average Bonchev–Trinajstić information content (AvgIpc) is 2.78. The Kier molecular flexibility index (Phi) is 4.20. The lowest BCUT2D eigenvalue weighted by Gasteiger charge is -2.42. The summed E-state index contributed by atoms with van der Waals surface area (Å²) in [5.74, 6) is 0.